The van der Waals surface area contributed by atoms with Gasteiger partial charge < -0.3 is 15.2 Å². The third-order valence-corrected chi connectivity index (χ3v) is 7.70. The highest BCUT2D eigenvalue weighted by Crippen LogP contribution is 2.47. The summed E-state index contributed by atoms with van der Waals surface area (Å²) in [4.78, 5) is 0. The molecule has 0 unspecified atom stereocenters. The van der Waals surface area contributed by atoms with Gasteiger partial charge in [0, 0.05) is 11.6 Å². The molecule has 0 aliphatic heterocycles. The van der Waals surface area contributed by atoms with Crippen LogP contribution >= 0.6 is 0 Å². The number of unbranched alkanes of at least 4 members (excludes halogenated alkanes) is 1. The number of benzene rings is 3. The van der Waals surface area contributed by atoms with Gasteiger partial charge in [-0.15, -0.1) is 0 Å². The molecule has 0 heterocycles. The summed E-state index contributed by atoms with van der Waals surface area (Å²) in [5.41, 5.74) is 7.63. The zero-order valence-electron chi connectivity index (χ0n) is 22.9. The van der Waals surface area contributed by atoms with Crippen molar-refractivity contribution >= 4 is 0 Å². The lowest BCUT2D eigenvalue weighted by atomic mass is 9.63. The van der Waals surface area contributed by atoms with E-state index in [1.54, 1.807) is 6.07 Å². The lowest BCUT2D eigenvalue weighted by Crippen LogP contribution is -2.33. The second kappa shape index (κ2) is 10.7. The number of rotatable bonds is 9. The normalized spacial score (nSPS) is 16.1. The second-order valence-corrected chi connectivity index (χ2v) is 12.0. The Kier molecular flexibility index (Phi) is 7.80. The molecule has 2 N–H and O–H groups in total. The van der Waals surface area contributed by atoms with Crippen molar-refractivity contribution in [2.45, 2.75) is 84.1 Å². The van der Waals surface area contributed by atoms with Crippen molar-refractivity contribution in [3.8, 4) is 33.8 Å². The van der Waals surface area contributed by atoms with Crippen LogP contribution in [0.15, 0.2) is 60.7 Å². The molecule has 3 heteroatoms. The Labute approximate surface area is 217 Å². The molecular weight excluding hydrogens is 442 g/mol. The molecule has 192 valence electrons. The van der Waals surface area contributed by atoms with Gasteiger partial charge >= 0.3 is 0 Å². The van der Waals surface area contributed by atoms with Gasteiger partial charge in [-0.1, -0.05) is 77.9 Å². The lowest BCUT2D eigenvalue weighted by Gasteiger charge is -2.42. The van der Waals surface area contributed by atoms with Crippen LogP contribution in [0.1, 0.15) is 78.4 Å². The van der Waals surface area contributed by atoms with E-state index in [-0.39, 0.29) is 16.6 Å². The van der Waals surface area contributed by atoms with Crippen LogP contribution in [0.4, 0.5) is 0 Å². The van der Waals surface area contributed by atoms with E-state index in [4.69, 9.17) is 4.74 Å². The maximum Gasteiger partial charge on any atom is 0.127 e. The SMILES string of the molecule is CC(C)NCCCCOc1ccc(-c2cccc(O)c2)cc1-c1ccc2c(c1)C(C)(C)CCC2(C)C. The van der Waals surface area contributed by atoms with Gasteiger partial charge in [0.2, 0.25) is 0 Å². The summed E-state index contributed by atoms with van der Waals surface area (Å²) in [6, 6.07) is 21.4. The van der Waals surface area contributed by atoms with Crippen molar-refractivity contribution in [2.75, 3.05) is 13.2 Å². The molecule has 0 spiro atoms. The number of phenols is 1. The molecule has 0 saturated heterocycles. The van der Waals surface area contributed by atoms with Crippen LogP contribution in [0.25, 0.3) is 22.3 Å². The van der Waals surface area contributed by atoms with Crippen molar-refractivity contribution in [3.05, 3.63) is 71.8 Å². The van der Waals surface area contributed by atoms with Crippen LogP contribution in [-0.4, -0.2) is 24.3 Å². The molecule has 0 fully saturated rings. The zero-order valence-corrected chi connectivity index (χ0v) is 22.9. The van der Waals surface area contributed by atoms with E-state index in [9.17, 15) is 5.11 Å². The van der Waals surface area contributed by atoms with Gasteiger partial charge in [-0.25, -0.2) is 0 Å². The Morgan fingerprint density at radius 2 is 1.50 bits per heavy atom. The standard InChI is InChI=1S/C33H43NO2/c1-23(2)34-18-7-8-19-36-31-15-13-25(24-10-9-11-27(35)20-24)21-28(31)26-12-14-29-30(22-26)33(5,6)17-16-32(29,3)4/h9-15,20-23,34-35H,7-8,16-19H2,1-6H3. The predicted octanol–water partition coefficient (Wildman–Crippen LogP) is 8.23. The fourth-order valence-electron chi connectivity index (χ4n) is 5.30. The van der Waals surface area contributed by atoms with Crippen LogP contribution in [0, 0.1) is 0 Å². The zero-order chi connectivity index (χ0) is 25.9. The van der Waals surface area contributed by atoms with E-state index in [1.807, 2.05) is 18.2 Å². The van der Waals surface area contributed by atoms with Crippen LogP contribution in [0.2, 0.25) is 0 Å². The van der Waals surface area contributed by atoms with E-state index in [0.29, 0.717) is 12.6 Å². The summed E-state index contributed by atoms with van der Waals surface area (Å²) in [5, 5.41) is 13.5. The molecule has 3 aromatic carbocycles. The highest BCUT2D eigenvalue weighted by Gasteiger charge is 2.37. The largest absolute Gasteiger partial charge is 0.508 e. The summed E-state index contributed by atoms with van der Waals surface area (Å²) in [5.74, 6) is 1.20. The molecular formula is C33H43NO2. The first-order valence-electron chi connectivity index (χ1n) is 13.5. The number of hydrogen-bond donors (Lipinski definition) is 2. The average molecular weight is 486 g/mol. The summed E-state index contributed by atoms with van der Waals surface area (Å²) >= 11 is 0. The minimum absolute atomic E-state index is 0.147. The van der Waals surface area contributed by atoms with Gasteiger partial charge in [-0.05, 0) is 95.1 Å². The highest BCUT2D eigenvalue weighted by atomic mass is 16.5. The molecule has 0 aromatic heterocycles. The molecule has 4 rings (SSSR count). The van der Waals surface area contributed by atoms with Gasteiger partial charge in [0.25, 0.3) is 0 Å². The number of ether oxygens (including phenoxy) is 1. The summed E-state index contributed by atoms with van der Waals surface area (Å²) in [6.07, 6.45) is 4.50. The monoisotopic (exact) mass is 485 g/mol. The smallest absolute Gasteiger partial charge is 0.127 e. The van der Waals surface area contributed by atoms with Gasteiger partial charge in [0.05, 0.1) is 6.61 Å². The van der Waals surface area contributed by atoms with Crippen molar-refractivity contribution in [3.63, 3.8) is 0 Å². The third-order valence-electron chi connectivity index (χ3n) is 7.70. The molecule has 0 radical (unpaired) electrons. The first-order valence-corrected chi connectivity index (χ1v) is 13.5. The van der Waals surface area contributed by atoms with Crippen molar-refractivity contribution in [1.29, 1.82) is 0 Å². The molecule has 3 aromatic rings. The maximum atomic E-state index is 10.0. The Morgan fingerprint density at radius 1 is 0.806 bits per heavy atom. The minimum atomic E-state index is 0.147. The number of nitrogens with one attached hydrogen (secondary N) is 1. The summed E-state index contributed by atoms with van der Waals surface area (Å²) in [7, 11) is 0. The molecule has 1 aliphatic rings. The van der Waals surface area contributed by atoms with Crippen LogP contribution in [0.3, 0.4) is 0 Å². The topological polar surface area (TPSA) is 41.5 Å². The Bertz CT molecular complexity index is 1190. The van der Waals surface area contributed by atoms with Crippen LogP contribution in [0.5, 0.6) is 11.5 Å². The molecule has 0 bridgehead atoms. The van der Waals surface area contributed by atoms with E-state index >= 15 is 0 Å². The summed E-state index contributed by atoms with van der Waals surface area (Å²) < 4.78 is 6.37. The molecule has 0 saturated carbocycles. The fourth-order valence-corrected chi connectivity index (χ4v) is 5.30. The lowest BCUT2D eigenvalue weighted by molar-refractivity contribution is 0.306. The van der Waals surface area contributed by atoms with Crippen LogP contribution in [-0.2, 0) is 10.8 Å². The highest BCUT2D eigenvalue weighted by molar-refractivity contribution is 5.79. The average Bonchev–Trinajstić information content (AvgIpc) is 2.84. The minimum Gasteiger partial charge on any atom is -0.508 e. The molecule has 0 atom stereocenters. The Balaban J connectivity index is 1.69. The maximum absolute atomic E-state index is 10.0. The molecule has 1 aliphatic carbocycles. The van der Waals surface area contributed by atoms with E-state index in [0.717, 1.165) is 41.8 Å². The summed E-state index contributed by atoms with van der Waals surface area (Å²) in [6.45, 7) is 15.5. The first-order chi connectivity index (χ1) is 17.1. The first kappa shape index (κ1) is 26.3. The van der Waals surface area contributed by atoms with Crippen molar-refractivity contribution in [1.82, 2.24) is 5.32 Å². The second-order valence-electron chi connectivity index (χ2n) is 12.0. The number of phenolic OH excluding ortho intramolecular Hbond substituents is 1. The van der Waals surface area contributed by atoms with Crippen LogP contribution < -0.4 is 10.1 Å². The molecule has 36 heavy (non-hydrogen) atoms. The number of aromatic hydroxyl groups is 1. The van der Waals surface area contributed by atoms with Crippen molar-refractivity contribution < 1.29 is 9.84 Å². The molecule has 0 amide bonds. The van der Waals surface area contributed by atoms with E-state index in [1.165, 1.54) is 29.5 Å². The Hall–Kier alpha value is -2.78. The number of hydrogen-bond acceptors (Lipinski definition) is 3. The molecule has 3 nitrogen and oxygen atoms in total. The van der Waals surface area contributed by atoms with Gasteiger partial charge in [-0.2, -0.15) is 0 Å². The van der Waals surface area contributed by atoms with E-state index < -0.39 is 0 Å². The van der Waals surface area contributed by atoms with Gasteiger partial charge in [0.1, 0.15) is 11.5 Å². The fraction of sp³-hybridized carbons (Fsp3) is 0.455. The predicted molar refractivity (Wildman–Crippen MR) is 152 cm³/mol. The van der Waals surface area contributed by atoms with Gasteiger partial charge in [-0.3, -0.25) is 0 Å². The third kappa shape index (κ3) is 5.95. The van der Waals surface area contributed by atoms with E-state index in [2.05, 4.69) is 83.3 Å². The Morgan fingerprint density at radius 3 is 2.22 bits per heavy atom. The van der Waals surface area contributed by atoms with Crippen molar-refractivity contribution in [2.24, 2.45) is 0 Å². The number of fused-ring (bicyclic) bond motifs is 1. The van der Waals surface area contributed by atoms with Gasteiger partial charge in [0.15, 0.2) is 0 Å². The quantitative estimate of drug-likeness (QED) is 0.300.